The van der Waals surface area contributed by atoms with Gasteiger partial charge in [0, 0.05) is 6.04 Å². The van der Waals surface area contributed by atoms with Crippen LogP contribution in [0.1, 0.15) is 44.9 Å². The third-order valence-electron chi connectivity index (χ3n) is 3.99. The van der Waals surface area contributed by atoms with Crippen LogP contribution in [0.15, 0.2) is 0 Å². The molecule has 0 aromatic rings. The first-order chi connectivity index (χ1) is 7.40. The second-order valence-electron chi connectivity index (χ2n) is 5.27. The van der Waals surface area contributed by atoms with Crippen molar-refractivity contribution in [1.29, 1.82) is 0 Å². The van der Waals surface area contributed by atoms with Gasteiger partial charge in [-0.1, -0.05) is 12.8 Å². The third kappa shape index (κ3) is 3.99. The Morgan fingerprint density at radius 2 is 1.93 bits per heavy atom. The van der Waals surface area contributed by atoms with Crippen molar-refractivity contribution in [3.63, 3.8) is 0 Å². The van der Waals surface area contributed by atoms with Gasteiger partial charge in [0.1, 0.15) is 0 Å². The molecule has 1 nitrogen and oxygen atoms in total. The predicted octanol–water partition coefficient (Wildman–Crippen LogP) is 3.30. The van der Waals surface area contributed by atoms with Crippen LogP contribution in [0.2, 0.25) is 0 Å². The largest absolute Gasteiger partial charge is 0.314 e. The van der Waals surface area contributed by atoms with Crippen LogP contribution < -0.4 is 5.32 Å². The predicted molar refractivity (Wildman–Crippen MR) is 69.5 cm³/mol. The van der Waals surface area contributed by atoms with Crippen LogP contribution in [0.25, 0.3) is 0 Å². The van der Waals surface area contributed by atoms with Gasteiger partial charge in [-0.15, -0.1) is 0 Å². The van der Waals surface area contributed by atoms with E-state index >= 15 is 0 Å². The van der Waals surface area contributed by atoms with Crippen molar-refractivity contribution in [3.05, 3.63) is 0 Å². The molecule has 0 aromatic heterocycles. The third-order valence-corrected chi connectivity index (χ3v) is 4.68. The zero-order valence-electron chi connectivity index (χ0n) is 10.0. The molecule has 0 saturated heterocycles. The van der Waals surface area contributed by atoms with Gasteiger partial charge in [0.05, 0.1) is 0 Å². The average molecular weight is 227 g/mol. The zero-order chi connectivity index (χ0) is 10.5. The molecule has 0 bridgehead atoms. The van der Waals surface area contributed by atoms with Crippen LogP contribution in [-0.2, 0) is 0 Å². The van der Waals surface area contributed by atoms with E-state index in [1.54, 1.807) is 0 Å². The van der Waals surface area contributed by atoms with Gasteiger partial charge in [-0.3, -0.25) is 0 Å². The molecule has 0 amide bonds. The minimum Gasteiger partial charge on any atom is -0.314 e. The molecular weight excluding hydrogens is 202 g/mol. The van der Waals surface area contributed by atoms with Crippen molar-refractivity contribution in [3.8, 4) is 0 Å². The summed E-state index contributed by atoms with van der Waals surface area (Å²) in [4.78, 5) is 0. The summed E-state index contributed by atoms with van der Waals surface area (Å²) < 4.78 is 0. The van der Waals surface area contributed by atoms with E-state index in [0.29, 0.717) is 0 Å². The first kappa shape index (κ1) is 11.8. The molecule has 15 heavy (non-hydrogen) atoms. The van der Waals surface area contributed by atoms with Gasteiger partial charge in [-0.05, 0) is 62.5 Å². The highest BCUT2D eigenvalue weighted by atomic mass is 32.2. The van der Waals surface area contributed by atoms with E-state index in [2.05, 4.69) is 11.6 Å². The highest BCUT2D eigenvalue weighted by molar-refractivity contribution is 7.98. The Morgan fingerprint density at radius 3 is 2.67 bits per heavy atom. The van der Waals surface area contributed by atoms with Gasteiger partial charge >= 0.3 is 0 Å². The number of hydrogen-bond donors (Lipinski definition) is 1. The van der Waals surface area contributed by atoms with Crippen LogP contribution in [0.3, 0.4) is 0 Å². The fraction of sp³-hybridized carbons (Fsp3) is 1.00. The van der Waals surface area contributed by atoms with Gasteiger partial charge in [0.25, 0.3) is 0 Å². The minimum absolute atomic E-state index is 0.900. The molecular formula is C13H25NS. The van der Waals surface area contributed by atoms with Gasteiger partial charge in [0.2, 0.25) is 0 Å². The second-order valence-corrected chi connectivity index (χ2v) is 6.25. The lowest BCUT2D eigenvalue weighted by molar-refractivity contribution is 0.345. The van der Waals surface area contributed by atoms with Gasteiger partial charge < -0.3 is 5.32 Å². The van der Waals surface area contributed by atoms with Crippen LogP contribution in [0.5, 0.6) is 0 Å². The smallest absolute Gasteiger partial charge is 0.00683 e. The summed E-state index contributed by atoms with van der Waals surface area (Å²) in [6, 6.07) is 0.900. The van der Waals surface area contributed by atoms with Crippen LogP contribution >= 0.6 is 11.8 Å². The SMILES string of the molecule is CSCCCC1CCCC1CNC1CC1. The maximum Gasteiger partial charge on any atom is 0.00683 e. The van der Waals surface area contributed by atoms with Crippen molar-refractivity contribution in [2.75, 3.05) is 18.6 Å². The maximum atomic E-state index is 3.71. The summed E-state index contributed by atoms with van der Waals surface area (Å²) in [6.45, 7) is 1.31. The standard InChI is InChI=1S/C13H25NS/c1-15-9-3-6-11-4-2-5-12(11)10-14-13-7-8-13/h11-14H,2-10H2,1H3. The van der Waals surface area contributed by atoms with Crippen molar-refractivity contribution in [2.45, 2.75) is 51.0 Å². The number of thioether (sulfide) groups is 1. The van der Waals surface area contributed by atoms with Crippen LogP contribution in [0, 0.1) is 11.8 Å². The Bertz CT molecular complexity index is 179. The zero-order valence-corrected chi connectivity index (χ0v) is 10.8. The molecule has 2 aliphatic rings. The van der Waals surface area contributed by atoms with E-state index in [0.717, 1.165) is 17.9 Å². The van der Waals surface area contributed by atoms with Crippen LogP contribution in [0.4, 0.5) is 0 Å². The summed E-state index contributed by atoms with van der Waals surface area (Å²) >= 11 is 2.00. The lowest BCUT2D eigenvalue weighted by Gasteiger charge is -2.19. The Balaban J connectivity index is 1.62. The van der Waals surface area contributed by atoms with Crippen molar-refractivity contribution in [2.24, 2.45) is 11.8 Å². The van der Waals surface area contributed by atoms with Gasteiger partial charge in [-0.2, -0.15) is 11.8 Å². The molecule has 0 spiro atoms. The topological polar surface area (TPSA) is 12.0 Å². The molecule has 2 fully saturated rings. The van der Waals surface area contributed by atoms with E-state index in [-0.39, 0.29) is 0 Å². The summed E-state index contributed by atoms with van der Waals surface area (Å²) in [7, 11) is 0. The van der Waals surface area contributed by atoms with Crippen molar-refractivity contribution >= 4 is 11.8 Å². The molecule has 1 N–H and O–H groups in total. The monoisotopic (exact) mass is 227 g/mol. The van der Waals surface area contributed by atoms with Crippen LogP contribution in [-0.4, -0.2) is 24.6 Å². The normalized spacial score (nSPS) is 31.0. The van der Waals surface area contributed by atoms with Crippen molar-refractivity contribution in [1.82, 2.24) is 5.32 Å². The van der Waals surface area contributed by atoms with E-state index in [9.17, 15) is 0 Å². The number of hydrogen-bond acceptors (Lipinski definition) is 2. The van der Waals surface area contributed by atoms with E-state index in [4.69, 9.17) is 0 Å². The van der Waals surface area contributed by atoms with Gasteiger partial charge in [-0.25, -0.2) is 0 Å². The van der Waals surface area contributed by atoms with Crippen molar-refractivity contribution < 1.29 is 0 Å². The molecule has 88 valence electrons. The van der Waals surface area contributed by atoms with E-state index < -0.39 is 0 Å². The van der Waals surface area contributed by atoms with Gasteiger partial charge in [0.15, 0.2) is 0 Å². The lowest BCUT2D eigenvalue weighted by atomic mass is 9.92. The lowest BCUT2D eigenvalue weighted by Crippen LogP contribution is -2.27. The quantitative estimate of drug-likeness (QED) is 0.670. The molecule has 0 aliphatic heterocycles. The summed E-state index contributed by atoms with van der Waals surface area (Å²) in [5.41, 5.74) is 0. The Kier molecular flexibility index (Phi) is 4.83. The molecule has 2 saturated carbocycles. The number of nitrogens with one attached hydrogen (secondary N) is 1. The Labute approximate surface area is 98.8 Å². The Hall–Kier alpha value is 0.310. The Morgan fingerprint density at radius 1 is 1.13 bits per heavy atom. The molecule has 2 atom stereocenters. The van der Waals surface area contributed by atoms with E-state index in [1.165, 1.54) is 57.2 Å². The number of rotatable bonds is 7. The fourth-order valence-corrected chi connectivity index (χ4v) is 3.31. The summed E-state index contributed by atoms with van der Waals surface area (Å²) in [6.07, 6.45) is 12.5. The average Bonchev–Trinajstić information content (AvgIpc) is 2.97. The molecule has 2 unspecified atom stereocenters. The van der Waals surface area contributed by atoms with E-state index in [1.807, 2.05) is 11.8 Å². The summed E-state index contributed by atoms with van der Waals surface area (Å²) in [5.74, 6) is 3.41. The molecule has 2 heteroatoms. The first-order valence-electron chi connectivity index (χ1n) is 6.62. The molecule has 0 radical (unpaired) electrons. The molecule has 2 rings (SSSR count). The molecule has 0 heterocycles. The molecule has 0 aromatic carbocycles. The summed E-state index contributed by atoms with van der Waals surface area (Å²) in [5, 5.41) is 3.71. The highest BCUT2D eigenvalue weighted by Crippen LogP contribution is 2.35. The molecule has 2 aliphatic carbocycles. The fourth-order valence-electron chi connectivity index (χ4n) is 2.86. The first-order valence-corrected chi connectivity index (χ1v) is 8.02. The second kappa shape index (κ2) is 6.15. The maximum absolute atomic E-state index is 3.71. The minimum atomic E-state index is 0.900. The highest BCUT2D eigenvalue weighted by Gasteiger charge is 2.28.